The molecule has 0 spiro atoms. The highest BCUT2D eigenvalue weighted by Gasteiger charge is 2.18. The van der Waals surface area contributed by atoms with Crippen molar-refractivity contribution in [2.75, 3.05) is 6.54 Å². The van der Waals surface area contributed by atoms with E-state index in [9.17, 15) is 9.90 Å². The second kappa shape index (κ2) is 5.71. The van der Waals surface area contributed by atoms with E-state index in [0.717, 1.165) is 18.5 Å². The van der Waals surface area contributed by atoms with Crippen molar-refractivity contribution in [1.82, 2.24) is 4.90 Å². The van der Waals surface area contributed by atoms with Gasteiger partial charge >= 0.3 is 0 Å². The fraction of sp³-hybridized carbons (Fsp3) is 0.500. The fourth-order valence-electron chi connectivity index (χ4n) is 1.74. The van der Waals surface area contributed by atoms with Gasteiger partial charge in [0.25, 0.3) is 5.91 Å². The first-order valence-corrected chi connectivity index (χ1v) is 6.08. The topological polar surface area (TPSA) is 40.5 Å². The second-order valence-corrected chi connectivity index (χ2v) is 4.59. The molecule has 0 atom stereocenters. The van der Waals surface area contributed by atoms with Gasteiger partial charge in [-0.25, -0.2) is 0 Å². The van der Waals surface area contributed by atoms with Gasteiger partial charge in [0.15, 0.2) is 0 Å². The Morgan fingerprint density at radius 3 is 2.53 bits per heavy atom. The molecule has 94 valence electrons. The molecule has 3 nitrogen and oxygen atoms in total. The minimum absolute atomic E-state index is 0.0165. The fourth-order valence-corrected chi connectivity index (χ4v) is 1.74. The molecule has 0 fully saturated rings. The van der Waals surface area contributed by atoms with Crippen LogP contribution in [0.2, 0.25) is 0 Å². The summed E-state index contributed by atoms with van der Waals surface area (Å²) in [6.07, 6.45) is 0.932. The molecule has 0 aliphatic carbocycles. The third-order valence-electron chi connectivity index (χ3n) is 2.80. The summed E-state index contributed by atoms with van der Waals surface area (Å²) in [5, 5.41) is 9.63. The van der Waals surface area contributed by atoms with Crippen LogP contribution in [-0.4, -0.2) is 28.5 Å². The number of nitrogens with zero attached hydrogens (tertiary/aromatic N) is 1. The van der Waals surface area contributed by atoms with Crippen LogP contribution in [0, 0.1) is 6.92 Å². The number of aryl methyl sites for hydroxylation is 1. The lowest BCUT2D eigenvalue weighted by molar-refractivity contribution is 0.0705. The molecule has 0 bridgehead atoms. The van der Waals surface area contributed by atoms with Gasteiger partial charge in [0.1, 0.15) is 5.75 Å². The zero-order chi connectivity index (χ0) is 13.0. The number of phenols is 1. The van der Waals surface area contributed by atoms with Gasteiger partial charge < -0.3 is 10.0 Å². The molecular formula is C14H21NO2. The summed E-state index contributed by atoms with van der Waals surface area (Å²) < 4.78 is 0. The van der Waals surface area contributed by atoms with Gasteiger partial charge in [-0.3, -0.25) is 4.79 Å². The molecule has 0 saturated heterocycles. The summed E-state index contributed by atoms with van der Waals surface area (Å²) in [6, 6.07) is 5.25. The maximum absolute atomic E-state index is 12.3. The molecule has 0 unspecified atom stereocenters. The number of carbonyl (C=O) groups is 1. The van der Waals surface area contributed by atoms with Gasteiger partial charge in [-0.05, 0) is 44.9 Å². The third-order valence-corrected chi connectivity index (χ3v) is 2.80. The maximum Gasteiger partial charge on any atom is 0.254 e. The number of amides is 1. The van der Waals surface area contributed by atoms with Gasteiger partial charge in [-0.15, -0.1) is 0 Å². The van der Waals surface area contributed by atoms with Gasteiger partial charge in [0.2, 0.25) is 0 Å². The first-order chi connectivity index (χ1) is 7.97. The highest BCUT2D eigenvalue weighted by molar-refractivity contribution is 5.94. The van der Waals surface area contributed by atoms with E-state index in [2.05, 4.69) is 6.92 Å². The lowest BCUT2D eigenvalue weighted by Crippen LogP contribution is -2.37. The summed E-state index contributed by atoms with van der Waals surface area (Å²) in [7, 11) is 0. The van der Waals surface area contributed by atoms with Crippen LogP contribution in [0.1, 0.15) is 43.1 Å². The van der Waals surface area contributed by atoms with Crippen molar-refractivity contribution in [2.45, 2.75) is 40.2 Å². The van der Waals surface area contributed by atoms with E-state index in [-0.39, 0.29) is 17.7 Å². The van der Waals surface area contributed by atoms with Crippen LogP contribution in [-0.2, 0) is 0 Å². The SMILES string of the molecule is CCCN(C(=O)c1ccc(C)c(O)c1)C(C)C. The summed E-state index contributed by atoms with van der Waals surface area (Å²) in [4.78, 5) is 14.1. The Morgan fingerprint density at radius 2 is 2.06 bits per heavy atom. The van der Waals surface area contributed by atoms with Crippen LogP contribution in [0.25, 0.3) is 0 Å². The molecule has 0 saturated carbocycles. The lowest BCUT2D eigenvalue weighted by atomic mass is 10.1. The number of phenolic OH excluding ortho intramolecular Hbond substituents is 1. The molecule has 1 amide bonds. The van der Waals surface area contributed by atoms with E-state index in [4.69, 9.17) is 0 Å². The van der Waals surface area contributed by atoms with Gasteiger partial charge in [-0.1, -0.05) is 13.0 Å². The monoisotopic (exact) mass is 235 g/mol. The molecule has 1 rings (SSSR count). The number of carbonyl (C=O) groups excluding carboxylic acids is 1. The normalized spacial score (nSPS) is 10.6. The van der Waals surface area contributed by atoms with Crippen LogP contribution in [0.5, 0.6) is 5.75 Å². The molecule has 0 aromatic heterocycles. The Kier molecular flexibility index (Phi) is 4.55. The Hall–Kier alpha value is -1.51. The quantitative estimate of drug-likeness (QED) is 0.871. The average Bonchev–Trinajstić information content (AvgIpc) is 2.28. The average molecular weight is 235 g/mol. The minimum atomic E-state index is -0.0165. The smallest absolute Gasteiger partial charge is 0.254 e. The standard InChI is InChI=1S/C14H21NO2/c1-5-8-15(10(2)3)14(17)12-7-6-11(4)13(16)9-12/h6-7,9-10,16H,5,8H2,1-4H3. The van der Waals surface area contributed by atoms with Crippen LogP contribution in [0.3, 0.4) is 0 Å². The zero-order valence-electron chi connectivity index (χ0n) is 11.0. The zero-order valence-corrected chi connectivity index (χ0v) is 11.0. The van der Waals surface area contributed by atoms with Gasteiger partial charge in [-0.2, -0.15) is 0 Å². The first-order valence-electron chi connectivity index (χ1n) is 6.08. The molecule has 3 heteroatoms. The van der Waals surface area contributed by atoms with E-state index in [1.165, 1.54) is 0 Å². The molecule has 1 N–H and O–H groups in total. The first kappa shape index (κ1) is 13.6. The van der Waals surface area contributed by atoms with Crippen LogP contribution in [0.15, 0.2) is 18.2 Å². The number of aromatic hydroxyl groups is 1. The van der Waals surface area contributed by atoms with Crippen molar-refractivity contribution < 1.29 is 9.90 Å². The van der Waals surface area contributed by atoms with Crippen molar-refractivity contribution in [3.8, 4) is 5.75 Å². The van der Waals surface area contributed by atoms with Crippen molar-refractivity contribution in [3.05, 3.63) is 29.3 Å². The predicted molar refractivity (Wildman–Crippen MR) is 69.3 cm³/mol. The predicted octanol–water partition coefficient (Wildman–Crippen LogP) is 2.96. The molecule has 1 aromatic carbocycles. The third kappa shape index (κ3) is 3.22. The van der Waals surface area contributed by atoms with E-state index in [1.54, 1.807) is 18.2 Å². The Bertz CT molecular complexity index is 399. The lowest BCUT2D eigenvalue weighted by Gasteiger charge is -2.26. The van der Waals surface area contributed by atoms with Gasteiger partial charge in [0.05, 0.1) is 0 Å². The molecule has 17 heavy (non-hydrogen) atoms. The van der Waals surface area contributed by atoms with E-state index >= 15 is 0 Å². The minimum Gasteiger partial charge on any atom is -0.508 e. The summed E-state index contributed by atoms with van der Waals surface area (Å²) in [6.45, 7) is 8.61. The van der Waals surface area contributed by atoms with Crippen molar-refractivity contribution in [1.29, 1.82) is 0 Å². The molecule has 0 radical (unpaired) electrons. The van der Waals surface area contributed by atoms with Gasteiger partial charge in [0, 0.05) is 18.2 Å². The second-order valence-electron chi connectivity index (χ2n) is 4.59. The Balaban J connectivity index is 2.97. The maximum atomic E-state index is 12.3. The van der Waals surface area contributed by atoms with Crippen molar-refractivity contribution in [3.63, 3.8) is 0 Å². The van der Waals surface area contributed by atoms with Crippen LogP contribution >= 0.6 is 0 Å². The Morgan fingerprint density at radius 1 is 1.41 bits per heavy atom. The molecular weight excluding hydrogens is 214 g/mol. The number of hydrogen-bond donors (Lipinski definition) is 1. The Labute approximate surface area is 103 Å². The summed E-state index contributed by atoms with van der Waals surface area (Å²) >= 11 is 0. The highest BCUT2D eigenvalue weighted by Crippen LogP contribution is 2.19. The van der Waals surface area contributed by atoms with Crippen molar-refractivity contribution in [2.24, 2.45) is 0 Å². The highest BCUT2D eigenvalue weighted by atomic mass is 16.3. The van der Waals surface area contributed by atoms with Crippen molar-refractivity contribution >= 4 is 5.91 Å². The van der Waals surface area contributed by atoms with E-state index < -0.39 is 0 Å². The van der Waals surface area contributed by atoms with E-state index in [0.29, 0.717) is 5.56 Å². The van der Waals surface area contributed by atoms with E-state index in [1.807, 2.05) is 25.7 Å². The molecule has 0 aliphatic heterocycles. The molecule has 1 aromatic rings. The van der Waals surface area contributed by atoms with Crippen LogP contribution in [0.4, 0.5) is 0 Å². The summed E-state index contributed by atoms with van der Waals surface area (Å²) in [5.41, 5.74) is 1.34. The van der Waals surface area contributed by atoms with Crippen LogP contribution < -0.4 is 0 Å². The number of benzene rings is 1. The molecule has 0 heterocycles. The number of rotatable bonds is 4. The summed E-state index contributed by atoms with van der Waals surface area (Å²) in [5.74, 6) is 0.160. The largest absolute Gasteiger partial charge is 0.508 e. The number of hydrogen-bond acceptors (Lipinski definition) is 2. The molecule has 0 aliphatic rings.